The van der Waals surface area contributed by atoms with Crippen LogP contribution >= 0.6 is 39.3 Å². The topological polar surface area (TPSA) is 66.3 Å². The monoisotopic (exact) mass is 492 g/mol. The van der Waals surface area contributed by atoms with Crippen molar-refractivity contribution in [2.24, 2.45) is 10.1 Å². The number of aliphatic imine (C=N–C) groups is 1. The molecule has 0 atom stereocenters. The Balaban J connectivity index is 1.63. The molecule has 3 rings (SSSR count). The van der Waals surface area contributed by atoms with Crippen molar-refractivity contribution in [2.75, 3.05) is 24.2 Å². The van der Waals surface area contributed by atoms with Crippen LogP contribution in [0, 0.1) is 0 Å². The summed E-state index contributed by atoms with van der Waals surface area (Å²) in [4.78, 5) is 16.7. The fraction of sp³-hybridized carbons (Fsp3) is 0.150. The van der Waals surface area contributed by atoms with E-state index in [0.29, 0.717) is 40.6 Å². The second-order valence-electron chi connectivity index (χ2n) is 5.93. The summed E-state index contributed by atoms with van der Waals surface area (Å²) < 4.78 is 6.84. The largest absolute Gasteiger partial charge is 0.441 e. The van der Waals surface area contributed by atoms with Crippen LogP contribution in [-0.4, -0.2) is 40.8 Å². The smallest absolute Gasteiger partial charge is 0.234 e. The first-order chi connectivity index (χ1) is 14.0. The Hall–Kier alpha value is -2.29. The molecule has 29 heavy (non-hydrogen) atoms. The molecule has 0 fully saturated rings. The van der Waals surface area contributed by atoms with Crippen molar-refractivity contribution in [3.05, 3.63) is 70.7 Å². The fourth-order valence-electron chi connectivity index (χ4n) is 2.38. The third-order valence-corrected chi connectivity index (χ3v) is 5.20. The number of hydrazone groups is 1. The molecule has 0 radical (unpaired) electrons. The number of carbonyl (C=O) groups excluding carboxylic acids is 1. The van der Waals surface area contributed by atoms with Crippen LogP contribution in [-0.2, 0) is 4.79 Å². The summed E-state index contributed by atoms with van der Waals surface area (Å²) in [6, 6.07) is 14.5. The zero-order valence-corrected chi connectivity index (χ0v) is 18.5. The number of hydrogen-bond acceptors (Lipinski definition) is 6. The highest BCUT2D eigenvalue weighted by atomic mass is 79.9. The average molecular weight is 494 g/mol. The van der Waals surface area contributed by atoms with Crippen LogP contribution in [0.2, 0.25) is 5.02 Å². The first-order valence-electron chi connectivity index (χ1n) is 8.65. The van der Waals surface area contributed by atoms with E-state index in [9.17, 15) is 4.79 Å². The summed E-state index contributed by atoms with van der Waals surface area (Å²) in [5, 5.41) is 10.0. The van der Waals surface area contributed by atoms with Gasteiger partial charge in [-0.3, -0.25) is 9.80 Å². The lowest BCUT2D eigenvalue weighted by molar-refractivity contribution is -0.113. The molecule has 1 aliphatic heterocycles. The number of nitrogens with one attached hydrogen (secondary N) is 1. The van der Waals surface area contributed by atoms with Crippen molar-refractivity contribution in [1.29, 1.82) is 0 Å². The molecule has 1 heterocycles. The predicted molar refractivity (Wildman–Crippen MR) is 124 cm³/mol. The number of hydrogen-bond donors (Lipinski definition) is 1. The van der Waals surface area contributed by atoms with Gasteiger partial charge in [-0.25, -0.2) is 0 Å². The highest BCUT2D eigenvalue weighted by Gasteiger charge is 2.18. The molecule has 1 N–H and O–H groups in total. The summed E-state index contributed by atoms with van der Waals surface area (Å²) in [7, 11) is 0. The average Bonchev–Trinajstić information content (AvgIpc) is 2.68. The lowest BCUT2D eigenvalue weighted by Crippen LogP contribution is -2.33. The molecular weight excluding hydrogens is 476 g/mol. The standard InChI is InChI=1S/C20H18BrClN4O2S/c1-2-10-26-12-19(28-17-8-6-14(21)7-9-17)24-20(25-26)29-13-18(27)23-16-5-3-4-15(22)11-16/h2-9,11H,1,10,12-13H2,(H,23,27). The summed E-state index contributed by atoms with van der Waals surface area (Å²) in [6.45, 7) is 4.71. The summed E-state index contributed by atoms with van der Waals surface area (Å²) in [6.07, 6.45) is 1.75. The Morgan fingerprint density at radius 2 is 2.14 bits per heavy atom. The Morgan fingerprint density at radius 3 is 2.86 bits per heavy atom. The third kappa shape index (κ3) is 6.92. The van der Waals surface area contributed by atoms with Gasteiger partial charge >= 0.3 is 0 Å². The number of benzene rings is 2. The number of amidine groups is 1. The third-order valence-electron chi connectivity index (χ3n) is 3.59. The first kappa shape index (κ1) is 21.4. The van der Waals surface area contributed by atoms with E-state index in [1.165, 1.54) is 11.8 Å². The van der Waals surface area contributed by atoms with Crippen LogP contribution < -0.4 is 10.1 Å². The van der Waals surface area contributed by atoms with Crippen molar-refractivity contribution in [2.45, 2.75) is 0 Å². The molecule has 2 aromatic rings. The highest BCUT2D eigenvalue weighted by molar-refractivity contribution is 9.10. The minimum absolute atomic E-state index is 0.155. The zero-order valence-electron chi connectivity index (χ0n) is 15.3. The van der Waals surface area contributed by atoms with E-state index in [2.05, 4.69) is 37.9 Å². The molecule has 0 saturated heterocycles. The molecular formula is C20H18BrClN4O2S. The number of thioether (sulfide) groups is 1. The molecule has 1 amide bonds. The molecule has 0 aromatic heterocycles. The minimum atomic E-state index is -0.175. The molecule has 2 aromatic carbocycles. The van der Waals surface area contributed by atoms with Gasteiger partial charge in [0.05, 0.1) is 12.3 Å². The van der Waals surface area contributed by atoms with Gasteiger partial charge in [0, 0.05) is 15.2 Å². The van der Waals surface area contributed by atoms with Gasteiger partial charge in [0.2, 0.25) is 17.0 Å². The van der Waals surface area contributed by atoms with Gasteiger partial charge in [-0.1, -0.05) is 51.4 Å². The number of ether oxygens (including phenoxy) is 1. The first-order valence-corrected chi connectivity index (χ1v) is 10.8. The summed E-state index contributed by atoms with van der Waals surface area (Å²) in [5.74, 6) is 1.16. The maximum atomic E-state index is 12.2. The number of carbonyl (C=O) groups is 1. The van der Waals surface area contributed by atoms with Crippen molar-refractivity contribution < 1.29 is 9.53 Å². The summed E-state index contributed by atoms with van der Waals surface area (Å²) in [5.41, 5.74) is 0.643. The van der Waals surface area contributed by atoms with Crippen molar-refractivity contribution in [3.8, 4) is 5.75 Å². The van der Waals surface area contributed by atoms with Gasteiger partial charge in [-0.2, -0.15) is 4.99 Å². The number of rotatable bonds is 6. The van der Waals surface area contributed by atoms with E-state index >= 15 is 0 Å². The predicted octanol–water partition coefficient (Wildman–Crippen LogP) is 5.02. The minimum Gasteiger partial charge on any atom is -0.441 e. The van der Waals surface area contributed by atoms with Gasteiger partial charge in [-0.15, -0.1) is 11.7 Å². The summed E-state index contributed by atoms with van der Waals surface area (Å²) >= 11 is 10.6. The molecule has 0 bridgehead atoms. The Bertz CT molecular complexity index is 950. The maximum Gasteiger partial charge on any atom is 0.234 e. The number of amides is 1. The quantitative estimate of drug-likeness (QED) is 0.574. The molecule has 0 unspecified atom stereocenters. The molecule has 0 saturated carbocycles. The molecule has 6 nitrogen and oxygen atoms in total. The van der Waals surface area contributed by atoms with Gasteiger partial charge < -0.3 is 10.1 Å². The number of nitrogens with zero attached hydrogens (tertiary/aromatic N) is 3. The molecule has 0 aliphatic carbocycles. The highest BCUT2D eigenvalue weighted by Crippen LogP contribution is 2.19. The molecule has 1 aliphatic rings. The molecule has 150 valence electrons. The number of anilines is 1. The molecule has 0 spiro atoms. The lowest BCUT2D eigenvalue weighted by atomic mass is 10.3. The second-order valence-corrected chi connectivity index (χ2v) is 8.22. The number of halogens is 2. The van der Waals surface area contributed by atoms with Gasteiger partial charge in [0.1, 0.15) is 12.3 Å². The Labute approximate surface area is 186 Å². The van der Waals surface area contributed by atoms with Crippen LogP contribution in [0.5, 0.6) is 5.75 Å². The van der Waals surface area contributed by atoms with Crippen LogP contribution in [0.15, 0.2) is 75.8 Å². The SMILES string of the molecule is C=CCN1CC(Oc2ccc(Br)cc2)=NC(SCC(=O)Nc2cccc(Cl)c2)=N1. The van der Waals surface area contributed by atoms with E-state index in [1.807, 2.05) is 24.3 Å². The van der Waals surface area contributed by atoms with Gasteiger partial charge in [0.25, 0.3) is 0 Å². The van der Waals surface area contributed by atoms with Gasteiger partial charge in [0.15, 0.2) is 0 Å². The van der Waals surface area contributed by atoms with E-state index in [4.69, 9.17) is 16.3 Å². The van der Waals surface area contributed by atoms with Crippen LogP contribution in [0.4, 0.5) is 5.69 Å². The molecule has 9 heteroatoms. The van der Waals surface area contributed by atoms with E-state index in [-0.39, 0.29) is 11.7 Å². The lowest BCUT2D eigenvalue weighted by Gasteiger charge is -2.23. The van der Waals surface area contributed by atoms with Crippen LogP contribution in [0.25, 0.3) is 0 Å². The Morgan fingerprint density at radius 1 is 1.34 bits per heavy atom. The normalized spacial score (nSPS) is 13.4. The Kier molecular flexibility index (Phi) is 7.74. The second kappa shape index (κ2) is 10.5. The van der Waals surface area contributed by atoms with Crippen molar-refractivity contribution in [3.63, 3.8) is 0 Å². The van der Waals surface area contributed by atoms with Crippen LogP contribution in [0.1, 0.15) is 0 Å². The van der Waals surface area contributed by atoms with E-state index < -0.39 is 0 Å². The van der Waals surface area contributed by atoms with Gasteiger partial charge in [-0.05, 0) is 42.5 Å². The zero-order chi connectivity index (χ0) is 20.6. The van der Waals surface area contributed by atoms with E-state index in [0.717, 1.165) is 4.47 Å². The van der Waals surface area contributed by atoms with Crippen molar-refractivity contribution in [1.82, 2.24) is 5.01 Å². The van der Waals surface area contributed by atoms with Crippen LogP contribution in [0.3, 0.4) is 0 Å². The van der Waals surface area contributed by atoms with E-state index in [1.54, 1.807) is 35.4 Å². The maximum absolute atomic E-state index is 12.2. The van der Waals surface area contributed by atoms with Crippen molar-refractivity contribution >= 4 is 62.0 Å². The fourth-order valence-corrected chi connectivity index (χ4v) is 3.51.